The summed E-state index contributed by atoms with van der Waals surface area (Å²) in [6.45, 7) is 4.01. The Morgan fingerprint density at radius 2 is 2.15 bits per heavy atom. The Morgan fingerprint density at radius 3 is 2.69 bits per heavy atom. The van der Waals surface area contributed by atoms with Crippen LogP contribution in [0.3, 0.4) is 0 Å². The normalized spacial score (nSPS) is 10.8. The molecule has 0 aliphatic rings. The summed E-state index contributed by atoms with van der Waals surface area (Å²) in [6.07, 6.45) is 0.0770. The zero-order chi connectivity index (χ0) is 9.84. The maximum Gasteiger partial charge on any atom is 0.132 e. The molecule has 0 saturated carbocycles. The number of aromatic hydroxyl groups is 1. The predicted octanol–water partition coefficient (Wildman–Crippen LogP) is 2.46. The van der Waals surface area contributed by atoms with Crippen molar-refractivity contribution in [3.05, 3.63) is 29.6 Å². The maximum absolute atomic E-state index is 13.1. The number of rotatable bonds is 3. The van der Waals surface area contributed by atoms with Crippen LogP contribution >= 0.6 is 0 Å². The largest absolute Gasteiger partial charge is 0.508 e. The summed E-state index contributed by atoms with van der Waals surface area (Å²) in [7, 11) is 0. The quantitative estimate of drug-likeness (QED) is 0.781. The molecule has 0 saturated heterocycles. The van der Waals surface area contributed by atoms with Gasteiger partial charge in [-0.3, -0.25) is 0 Å². The number of phenolic OH excluding ortho intramolecular Hbond substituents is 1. The molecule has 0 aliphatic heterocycles. The van der Waals surface area contributed by atoms with Crippen LogP contribution in [0, 0.1) is 5.82 Å². The number of phenols is 1. The summed E-state index contributed by atoms with van der Waals surface area (Å²) >= 11 is 0. The molecule has 0 spiro atoms. The second-order valence-corrected chi connectivity index (χ2v) is 3.14. The molecule has 1 N–H and O–H groups in total. The first-order chi connectivity index (χ1) is 6.09. The van der Waals surface area contributed by atoms with Gasteiger partial charge in [-0.2, -0.15) is 0 Å². The van der Waals surface area contributed by atoms with E-state index in [-0.39, 0.29) is 18.5 Å². The third-order valence-corrected chi connectivity index (χ3v) is 1.61. The summed E-state index contributed by atoms with van der Waals surface area (Å²) in [5.74, 6) is -0.494. The molecule has 0 atom stereocenters. The van der Waals surface area contributed by atoms with Crippen molar-refractivity contribution >= 4 is 0 Å². The minimum absolute atomic E-state index is 0.0641. The van der Waals surface area contributed by atoms with Crippen LogP contribution in [-0.2, 0) is 11.3 Å². The molecule has 0 heterocycles. The lowest BCUT2D eigenvalue weighted by Crippen LogP contribution is -2.03. The van der Waals surface area contributed by atoms with Gasteiger partial charge < -0.3 is 9.84 Å². The van der Waals surface area contributed by atoms with Crippen molar-refractivity contribution in [2.45, 2.75) is 26.6 Å². The molecule has 72 valence electrons. The first kappa shape index (κ1) is 9.99. The van der Waals surface area contributed by atoms with Crippen molar-refractivity contribution in [3.63, 3.8) is 0 Å². The molecule has 0 amide bonds. The molecule has 0 unspecified atom stereocenters. The highest BCUT2D eigenvalue weighted by molar-refractivity contribution is 5.27. The van der Waals surface area contributed by atoms with Gasteiger partial charge in [0.15, 0.2) is 0 Å². The van der Waals surface area contributed by atoms with Crippen LogP contribution < -0.4 is 0 Å². The number of ether oxygens (including phenoxy) is 1. The fraction of sp³-hybridized carbons (Fsp3) is 0.400. The zero-order valence-electron chi connectivity index (χ0n) is 7.75. The summed E-state index contributed by atoms with van der Waals surface area (Å²) in [6, 6.07) is 4.05. The minimum atomic E-state index is -0.430. The van der Waals surface area contributed by atoms with Crippen LogP contribution in [0.1, 0.15) is 19.4 Å². The van der Waals surface area contributed by atoms with E-state index in [0.29, 0.717) is 5.56 Å². The first-order valence-electron chi connectivity index (χ1n) is 4.18. The van der Waals surface area contributed by atoms with Gasteiger partial charge in [-0.25, -0.2) is 4.39 Å². The molecule has 1 rings (SSSR count). The molecule has 0 bridgehead atoms. The topological polar surface area (TPSA) is 29.5 Å². The fourth-order valence-corrected chi connectivity index (χ4v) is 0.910. The second-order valence-electron chi connectivity index (χ2n) is 3.14. The van der Waals surface area contributed by atoms with Crippen LogP contribution in [0.2, 0.25) is 0 Å². The third-order valence-electron chi connectivity index (χ3n) is 1.61. The third kappa shape index (κ3) is 3.03. The second kappa shape index (κ2) is 4.23. The first-order valence-corrected chi connectivity index (χ1v) is 4.18. The van der Waals surface area contributed by atoms with E-state index in [1.54, 1.807) is 0 Å². The van der Waals surface area contributed by atoms with Crippen molar-refractivity contribution < 1.29 is 14.2 Å². The molecule has 3 heteroatoms. The van der Waals surface area contributed by atoms with E-state index in [4.69, 9.17) is 9.84 Å². The van der Waals surface area contributed by atoms with Crippen molar-refractivity contribution in [3.8, 4) is 5.75 Å². The Kier molecular flexibility index (Phi) is 3.25. The monoisotopic (exact) mass is 184 g/mol. The fourth-order valence-electron chi connectivity index (χ4n) is 0.910. The molecule has 1 aromatic rings. The molecule has 0 radical (unpaired) electrons. The van der Waals surface area contributed by atoms with E-state index in [1.807, 2.05) is 13.8 Å². The zero-order valence-corrected chi connectivity index (χ0v) is 7.75. The van der Waals surface area contributed by atoms with Gasteiger partial charge in [-0.05, 0) is 19.9 Å². The molecule has 1 aromatic carbocycles. The highest BCUT2D eigenvalue weighted by atomic mass is 19.1. The van der Waals surface area contributed by atoms with Crippen LogP contribution in [0.4, 0.5) is 4.39 Å². The van der Waals surface area contributed by atoms with Crippen LogP contribution in [0.25, 0.3) is 0 Å². The lowest BCUT2D eigenvalue weighted by atomic mass is 10.2. The standard InChI is InChI=1S/C10H13FO2/c1-7(2)13-6-8-3-4-9(12)5-10(8)11/h3-5,7,12H,6H2,1-2H3. The van der Waals surface area contributed by atoms with Gasteiger partial charge >= 0.3 is 0 Å². The van der Waals surface area contributed by atoms with Crippen LogP contribution in [-0.4, -0.2) is 11.2 Å². The number of hydrogen-bond donors (Lipinski definition) is 1. The van der Waals surface area contributed by atoms with Crippen molar-refractivity contribution in [2.75, 3.05) is 0 Å². The summed E-state index contributed by atoms with van der Waals surface area (Å²) in [5.41, 5.74) is 0.464. The Morgan fingerprint density at radius 1 is 1.46 bits per heavy atom. The van der Waals surface area contributed by atoms with Gasteiger partial charge in [-0.1, -0.05) is 6.07 Å². The lowest BCUT2D eigenvalue weighted by Gasteiger charge is -2.08. The predicted molar refractivity (Wildman–Crippen MR) is 48.0 cm³/mol. The smallest absolute Gasteiger partial charge is 0.132 e. The molecule has 0 fully saturated rings. The SMILES string of the molecule is CC(C)OCc1ccc(O)cc1F. The van der Waals surface area contributed by atoms with E-state index in [0.717, 1.165) is 6.07 Å². The lowest BCUT2D eigenvalue weighted by molar-refractivity contribution is 0.0639. The minimum Gasteiger partial charge on any atom is -0.508 e. The van der Waals surface area contributed by atoms with Gasteiger partial charge in [0.2, 0.25) is 0 Å². The molecule has 13 heavy (non-hydrogen) atoms. The van der Waals surface area contributed by atoms with Crippen LogP contribution in [0.5, 0.6) is 5.75 Å². The molecular weight excluding hydrogens is 171 g/mol. The molecule has 0 aromatic heterocycles. The van der Waals surface area contributed by atoms with Crippen molar-refractivity contribution in [1.82, 2.24) is 0 Å². The Hall–Kier alpha value is -1.09. The number of halogens is 1. The van der Waals surface area contributed by atoms with Gasteiger partial charge in [0.25, 0.3) is 0 Å². The average molecular weight is 184 g/mol. The maximum atomic E-state index is 13.1. The summed E-state index contributed by atoms with van der Waals surface area (Å²) in [5, 5.41) is 8.93. The van der Waals surface area contributed by atoms with Gasteiger partial charge in [0.1, 0.15) is 11.6 Å². The Labute approximate surface area is 77.0 Å². The molecular formula is C10H13FO2. The number of hydrogen-bond acceptors (Lipinski definition) is 2. The summed E-state index contributed by atoms with van der Waals surface area (Å²) < 4.78 is 18.3. The van der Waals surface area contributed by atoms with E-state index >= 15 is 0 Å². The highest BCUT2D eigenvalue weighted by Crippen LogP contribution is 2.16. The Balaban J connectivity index is 2.67. The van der Waals surface area contributed by atoms with Crippen molar-refractivity contribution in [2.24, 2.45) is 0 Å². The highest BCUT2D eigenvalue weighted by Gasteiger charge is 2.03. The van der Waals surface area contributed by atoms with E-state index < -0.39 is 5.82 Å². The van der Waals surface area contributed by atoms with Gasteiger partial charge in [-0.15, -0.1) is 0 Å². The summed E-state index contributed by atoms with van der Waals surface area (Å²) in [4.78, 5) is 0. The number of benzene rings is 1. The van der Waals surface area contributed by atoms with E-state index in [2.05, 4.69) is 0 Å². The van der Waals surface area contributed by atoms with Crippen LogP contribution in [0.15, 0.2) is 18.2 Å². The van der Waals surface area contributed by atoms with Gasteiger partial charge in [0.05, 0.1) is 12.7 Å². The van der Waals surface area contributed by atoms with E-state index in [9.17, 15) is 4.39 Å². The average Bonchev–Trinajstić information content (AvgIpc) is 2.02. The molecule has 0 aliphatic carbocycles. The molecule has 2 nitrogen and oxygen atoms in total. The Bertz CT molecular complexity index is 284. The van der Waals surface area contributed by atoms with Crippen molar-refractivity contribution in [1.29, 1.82) is 0 Å². The van der Waals surface area contributed by atoms with E-state index in [1.165, 1.54) is 12.1 Å². The van der Waals surface area contributed by atoms with Gasteiger partial charge in [0, 0.05) is 11.6 Å².